The van der Waals surface area contributed by atoms with Crippen molar-refractivity contribution in [2.75, 3.05) is 17.4 Å². The molecule has 0 spiro atoms. The van der Waals surface area contributed by atoms with Gasteiger partial charge in [-0.05, 0) is 36.2 Å². The summed E-state index contributed by atoms with van der Waals surface area (Å²) < 4.78 is 0. The van der Waals surface area contributed by atoms with E-state index in [0.717, 1.165) is 5.88 Å². The molecular weight excluding hydrogens is 212 g/mol. The number of alkyl halides is 1. The van der Waals surface area contributed by atoms with Crippen molar-refractivity contribution in [1.29, 1.82) is 0 Å². The quantitative estimate of drug-likeness (QED) is 0.403. The molecule has 1 atom stereocenters. The van der Waals surface area contributed by atoms with Gasteiger partial charge in [0, 0.05) is 5.88 Å². The lowest BCUT2D eigenvalue weighted by Gasteiger charge is -2.30. The molecule has 0 aromatic carbocycles. The molecule has 0 fully saturated rings. The average Bonchev–Trinajstić information content (AvgIpc) is 2.24. The van der Waals surface area contributed by atoms with Gasteiger partial charge in [0.05, 0.1) is 0 Å². The Bertz CT molecular complexity index is 121. The normalized spacial score (nSPS) is 15.4. The fourth-order valence-electron chi connectivity index (χ4n) is 1.69. The monoisotopic (exact) mass is 236 g/mol. The molecule has 2 heteroatoms. The smallest absolute Gasteiger partial charge is 0.0280 e. The van der Waals surface area contributed by atoms with Crippen LogP contribution in [0.2, 0.25) is 0 Å². The molecule has 0 bridgehead atoms. The van der Waals surface area contributed by atoms with Crippen LogP contribution < -0.4 is 0 Å². The minimum absolute atomic E-state index is 0.430. The predicted molar refractivity (Wildman–Crippen MR) is 70.6 cm³/mol. The van der Waals surface area contributed by atoms with Crippen LogP contribution in [-0.4, -0.2) is 17.4 Å². The van der Waals surface area contributed by atoms with Crippen molar-refractivity contribution in [1.82, 2.24) is 0 Å². The molecule has 0 amide bonds. The van der Waals surface area contributed by atoms with E-state index in [2.05, 4.69) is 20.8 Å². The maximum atomic E-state index is 6.13. The molecule has 0 aliphatic heterocycles. The van der Waals surface area contributed by atoms with Crippen LogP contribution in [0.1, 0.15) is 52.9 Å². The minimum atomic E-state index is 0.430. The summed E-state index contributed by atoms with van der Waals surface area (Å²) in [4.78, 5) is 0. The fourth-order valence-corrected chi connectivity index (χ4v) is 3.01. The largest absolute Gasteiger partial charge is 0.162 e. The minimum Gasteiger partial charge on any atom is -0.162 e. The van der Waals surface area contributed by atoms with Crippen LogP contribution in [0.25, 0.3) is 0 Å². The Hall–Kier alpha value is 0.640. The summed E-state index contributed by atoms with van der Waals surface area (Å²) in [6.07, 6.45) is 6.47. The molecule has 14 heavy (non-hydrogen) atoms. The zero-order chi connectivity index (χ0) is 10.9. The summed E-state index contributed by atoms with van der Waals surface area (Å²) >= 11 is 8.17. The van der Waals surface area contributed by atoms with Gasteiger partial charge in [-0.25, -0.2) is 0 Å². The second-order valence-corrected chi connectivity index (χ2v) is 5.70. The molecule has 86 valence electrons. The van der Waals surface area contributed by atoms with Crippen molar-refractivity contribution in [3.63, 3.8) is 0 Å². The van der Waals surface area contributed by atoms with Gasteiger partial charge >= 0.3 is 0 Å². The van der Waals surface area contributed by atoms with Gasteiger partial charge in [0.2, 0.25) is 0 Å². The highest BCUT2D eigenvalue weighted by Gasteiger charge is 2.25. The van der Waals surface area contributed by atoms with E-state index in [-0.39, 0.29) is 0 Å². The molecule has 1 unspecified atom stereocenters. The molecule has 0 aromatic heterocycles. The van der Waals surface area contributed by atoms with Crippen LogP contribution in [0, 0.1) is 5.41 Å². The maximum absolute atomic E-state index is 6.13. The van der Waals surface area contributed by atoms with Gasteiger partial charge in [-0.1, -0.05) is 33.6 Å². The van der Waals surface area contributed by atoms with E-state index in [9.17, 15) is 0 Å². The second-order valence-electron chi connectivity index (χ2n) is 4.04. The second kappa shape index (κ2) is 8.91. The van der Waals surface area contributed by atoms with Crippen LogP contribution in [0.5, 0.6) is 0 Å². The number of halogens is 1. The first kappa shape index (κ1) is 14.6. The van der Waals surface area contributed by atoms with Crippen molar-refractivity contribution in [2.24, 2.45) is 5.41 Å². The number of hydrogen-bond donors (Lipinski definition) is 0. The van der Waals surface area contributed by atoms with Crippen molar-refractivity contribution in [3.05, 3.63) is 0 Å². The van der Waals surface area contributed by atoms with E-state index in [1.807, 2.05) is 11.8 Å². The highest BCUT2D eigenvalue weighted by molar-refractivity contribution is 7.99. The predicted octanol–water partition coefficient (Wildman–Crippen LogP) is 4.96. The zero-order valence-corrected chi connectivity index (χ0v) is 11.5. The lowest BCUT2D eigenvalue weighted by atomic mass is 9.80. The molecule has 0 saturated carbocycles. The van der Waals surface area contributed by atoms with E-state index in [1.54, 1.807) is 0 Å². The van der Waals surface area contributed by atoms with Crippen LogP contribution in [0.3, 0.4) is 0 Å². The molecule has 0 aromatic rings. The fraction of sp³-hybridized carbons (Fsp3) is 1.00. The van der Waals surface area contributed by atoms with E-state index < -0.39 is 0 Å². The van der Waals surface area contributed by atoms with Crippen LogP contribution in [0.15, 0.2) is 0 Å². The first-order valence-electron chi connectivity index (χ1n) is 5.88. The number of rotatable bonds is 9. The Morgan fingerprint density at radius 1 is 1.14 bits per heavy atom. The standard InChI is InChI=1S/C12H25ClS/c1-4-7-8-12(5-2,11-13)9-10-14-6-3/h4-11H2,1-3H3. The Morgan fingerprint density at radius 2 is 1.86 bits per heavy atom. The molecule has 0 heterocycles. The summed E-state index contributed by atoms with van der Waals surface area (Å²) in [5, 5.41) is 0. The van der Waals surface area contributed by atoms with Gasteiger partial charge in [0.25, 0.3) is 0 Å². The van der Waals surface area contributed by atoms with Crippen LogP contribution >= 0.6 is 23.4 Å². The number of thioether (sulfide) groups is 1. The highest BCUT2D eigenvalue weighted by atomic mass is 35.5. The molecule has 0 N–H and O–H groups in total. The van der Waals surface area contributed by atoms with Crippen molar-refractivity contribution in [2.45, 2.75) is 52.9 Å². The summed E-state index contributed by atoms with van der Waals surface area (Å²) in [7, 11) is 0. The molecule has 0 radical (unpaired) electrons. The van der Waals surface area contributed by atoms with E-state index in [0.29, 0.717) is 5.41 Å². The van der Waals surface area contributed by atoms with Gasteiger partial charge in [-0.3, -0.25) is 0 Å². The summed E-state index contributed by atoms with van der Waals surface area (Å²) in [6, 6.07) is 0. The lowest BCUT2D eigenvalue weighted by molar-refractivity contribution is 0.273. The Morgan fingerprint density at radius 3 is 2.29 bits per heavy atom. The SMILES string of the molecule is CCCCC(CC)(CCl)CCSCC. The maximum Gasteiger partial charge on any atom is 0.0280 e. The van der Waals surface area contributed by atoms with Gasteiger partial charge in [0.15, 0.2) is 0 Å². The summed E-state index contributed by atoms with van der Waals surface area (Å²) in [5.41, 5.74) is 0.430. The van der Waals surface area contributed by atoms with Gasteiger partial charge < -0.3 is 0 Å². The third kappa shape index (κ3) is 5.50. The van der Waals surface area contributed by atoms with Gasteiger partial charge in [-0.15, -0.1) is 11.6 Å². The van der Waals surface area contributed by atoms with E-state index in [4.69, 9.17) is 11.6 Å². The third-order valence-corrected chi connectivity index (χ3v) is 4.54. The van der Waals surface area contributed by atoms with E-state index in [1.165, 1.54) is 43.6 Å². The summed E-state index contributed by atoms with van der Waals surface area (Å²) in [6.45, 7) is 6.77. The third-order valence-electron chi connectivity index (χ3n) is 3.07. The Balaban J connectivity index is 3.94. The molecule has 0 aliphatic carbocycles. The van der Waals surface area contributed by atoms with Crippen molar-refractivity contribution < 1.29 is 0 Å². The molecule has 0 nitrogen and oxygen atoms in total. The Kier molecular flexibility index (Phi) is 9.32. The topological polar surface area (TPSA) is 0 Å². The molecule has 0 rings (SSSR count). The molecular formula is C12H25ClS. The molecule has 0 saturated heterocycles. The van der Waals surface area contributed by atoms with Crippen LogP contribution in [0.4, 0.5) is 0 Å². The highest BCUT2D eigenvalue weighted by Crippen LogP contribution is 2.35. The Labute approximate surface area is 99.2 Å². The van der Waals surface area contributed by atoms with Crippen LogP contribution in [-0.2, 0) is 0 Å². The number of hydrogen-bond acceptors (Lipinski definition) is 1. The number of unbranched alkanes of at least 4 members (excludes halogenated alkanes) is 1. The zero-order valence-electron chi connectivity index (χ0n) is 9.94. The van der Waals surface area contributed by atoms with Gasteiger partial charge in [-0.2, -0.15) is 11.8 Å². The first-order valence-corrected chi connectivity index (χ1v) is 7.57. The van der Waals surface area contributed by atoms with Crippen molar-refractivity contribution in [3.8, 4) is 0 Å². The van der Waals surface area contributed by atoms with E-state index >= 15 is 0 Å². The molecule has 0 aliphatic rings. The van der Waals surface area contributed by atoms with Crippen molar-refractivity contribution >= 4 is 23.4 Å². The first-order chi connectivity index (χ1) is 6.74. The average molecular weight is 237 g/mol. The lowest BCUT2D eigenvalue weighted by Crippen LogP contribution is -2.23. The van der Waals surface area contributed by atoms with Gasteiger partial charge in [0.1, 0.15) is 0 Å². The summed E-state index contributed by atoms with van der Waals surface area (Å²) in [5.74, 6) is 3.35.